The highest BCUT2D eigenvalue weighted by Gasteiger charge is 2.31. The second-order valence-corrected chi connectivity index (χ2v) is 6.34. The lowest BCUT2D eigenvalue weighted by atomic mass is 10.0. The molecule has 22 heavy (non-hydrogen) atoms. The number of rotatable bonds is 4. The molecule has 0 aliphatic carbocycles. The first-order valence-electron chi connectivity index (χ1n) is 7.85. The van der Waals surface area contributed by atoms with Crippen LogP contribution in [0.3, 0.4) is 0 Å². The third-order valence-corrected chi connectivity index (χ3v) is 4.31. The summed E-state index contributed by atoms with van der Waals surface area (Å²) in [5.74, 6) is -0.339. The van der Waals surface area contributed by atoms with Crippen LogP contribution in [0.2, 0.25) is 0 Å². The molecule has 122 valence electrons. The zero-order valence-corrected chi connectivity index (χ0v) is 13.9. The van der Waals surface area contributed by atoms with Crippen LogP contribution < -0.4 is 0 Å². The summed E-state index contributed by atoms with van der Waals surface area (Å²) in [5, 5.41) is 0. The van der Waals surface area contributed by atoms with Crippen LogP contribution in [0.5, 0.6) is 0 Å². The molecular weight excluding hydrogens is 281 g/mol. The molecule has 1 unspecified atom stereocenters. The fraction of sp³-hybridized carbons (Fsp3) is 0.588. The third kappa shape index (κ3) is 3.65. The first-order valence-corrected chi connectivity index (χ1v) is 7.85. The maximum Gasteiger partial charge on any atom is 0.244 e. The van der Waals surface area contributed by atoms with Crippen molar-refractivity contribution in [2.45, 2.75) is 25.9 Å². The molecule has 5 heteroatoms. The van der Waals surface area contributed by atoms with Gasteiger partial charge in [0.25, 0.3) is 0 Å². The van der Waals surface area contributed by atoms with Gasteiger partial charge in [-0.15, -0.1) is 0 Å². The van der Waals surface area contributed by atoms with Crippen LogP contribution >= 0.6 is 0 Å². The van der Waals surface area contributed by atoms with Crippen molar-refractivity contribution in [2.75, 3.05) is 40.3 Å². The number of piperazine rings is 1. The van der Waals surface area contributed by atoms with Crippen LogP contribution in [-0.2, 0) is 4.79 Å². The van der Waals surface area contributed by atoms with Crippen LogP contribution in [-0.4, -0.2) is 66.9 Å². The molecule has 1 aliphatic heterocycles. The van der Waals surface area contributed by atoms with E-state index in [0.29, 0.717) is 24.7 Å². The van der Waals surface area contributed by atoms with E-state index in [0.717, 1.165) is 13.1 Å². The number of carbonyl (C=O) groups is 1. The van der Waals surface area contributed by atoms with Gasteiger partial charge in [-0.1, -0.05) is 18.2 Å². The van der Waals surface area contributed by atoms with Gasteiger partial charge in [-0.2, -0.15) is 0 Å². The lowest BCUT2D eigenvalue weighted by Crippen LogP contribution is -2.53. The average Bonchev–Trinajstić information content (AvgIpc) is 2.49. The van der Waals surface area contributed by atoms with Crippen molar-refractivity contribution >= 4 is 5.91 Å². The number of likely N-dealkylation sites (N-methyl/N-ethyl adjacent to an activating group) is 1. The van der Waals surface area contributed by atoms with Crippen molar-refractivity contribution < 1.29 is 9.18 Å². The number of hydrogen-bond acceptors (Lipinski definition) is 3. The molecule has 0 radical (unpaired) electrons. The Labute approximate surface area is 132 Å². The van der Waals surface area contributed by atoms with E-state index in [9.17, 15) is 9.18 Å². The fourth-order valence-corrected chi connectivity index (χ4v) is 2.96. The smallest absolute Gasteiger partial charge is 0.244 e. The van der Waals surface area contributed by atoms with Crippen molar-refractivity contribution in [3.63, 3.8) is 0 Å². The van der Waals surface area contributed by atoms with Gasteiger partial charge < -0.3 is 4.90 Å². The number of halogens is 1. The van der Waals surface area contributed by atoms with Crippen molar-refractivity contribution in [1.29, 1.82) is 0 Å². The molecule has 1 aromatic carbocycles. The summed E-state index contributed by atoms with van der Waals surface area (Å²) in [6.45, 7) is 7.49. The topological polar surface area (TPSA) is 26.8 Å². The number of benzene rings is 1. The van der Waals surface area contributed by atoms with E-state index in [1.54, 1.807) is 23.1 Å². The van der Waals surface area contributed by atoms with Gasteiger partial charge >= 0.3 is 0 Å². The molecule has 0 spiro atoms. The van der Waals surface area contributed by atoms with Crippen LogP contribution in [0.4, 0.5) is 4.39 Å². The average molecular weight is 307 g/mol. The van der Waals surface area contributed by atoms with E-state index in [4.69, 9.17) is 0 Å². The van der Waals surface area contributed by atoms with E-state index in [1.165, 1.54) is 6.07 Å². The summed E-state index contributed by atoms with van der Waals surface area (Å²) in [5.41, 5.74) is 0.448. The van der Waals surface area contributed by atoms with Gasteiger partial charge in [-0.05, 0) is 34.0 Å². The third-order valence-electron chi connectivity index (χ3n) is 4.31. The normalized spacial score (nSPS) is 18.0. The Kier molecular flexibility index (Phi) is 5.53. The first-order chi connectivity index (χ1) is 10.4. The van der Waals surface area contributed by atoms with Crippen LogP contribution in [0.15, 0.2) is 24.3 Å². The number of amides is 1. The summed E-state index contributed by atoms with van der Waals surface area (Å²) in [7, 11) is 3.64. The zero-order valence-electron chi connectivity index (χ0n) is 13.9. The second kappa shape index (κ2) is 7.20. The van der Waals surface area contributed by atoms with Gasteiger partial charge in [0.1, 0.15) is 11.9 Å². The van der Waals surface area contributed by atoms with Gasteiger partial charge in [-0.3, -0.25) is 14.6 Å². The molecule has 0 saturated carbocycles. The highest BCUT2D eigenvalue weighted by Crippen LogP contribution is 2.24. The molecule has 1 saturated heterocycles. The van der Waals surface area contributed by atoms with Crippen LogP contribution in [0, 0.1) is 5.82 Å². The first kappa shape index (κ1) is 16.9. The van der Waals surface area contributed by atoms with Crippen LogP contribution in [0.1, 0.15) is 25.5 Å². The van der Waals surface area contributed by atoms with Gasteiger partial charge in [0.15, 0.2) is 0 Å². The molecule has 0 N–H and O–H groups in total. The summed E-state index contributed by atoms with van der Waals surface area (Å²) < 4.78 is 14.1. The van der Waals surface area contributed by atoms with Gasteiger partial charge in [0, 0.05) is 37.8 Å². The summed E-state index contributed by atoms with van der Waals surface area (Å²) >= 11 is 0. The molecule has 0 aromatic heterocycles. The van der Waals surface area contributed by atoms with E-state index in [2.05, 4.69) is 18.7 Å². The van der Waals surface area contributed by atoms with Crippen molar-refractivity contribution in [1.82, 2.24) is 14.7 Å². The van der Waals surface area contributed by atoms with E-state index in [-0.39, 0.29) is 11.7 Å². The summed E-state index contributed by atoms with van der Waals surface area (Å²) in [6, 6.07) is 6.47. The van der Waals surface area contributed by atoms with Gasteiger partial charge in [-0.25, -0.2) is 4.39 Å². The Morgan fingerprint density at radius 3 is 2.23 bits per heavy atom. The Morgan fingerprint density at radius 2 is 1.73 bits per heavy atom. The molecule has 1 aliphatic rings. The van der Waals surface area contributed by atoms with Crippen molar-refractivity contribution in [2.24, 2.45) is 0 Å². The molecule has 1 amide bonds. The second-order valence-electron chi connectivity index (χ2n) is 6.34. The lowest BCUT2D eigenvalue weighted by molar-refractivity contribution is -0.138. The monoisotopic (exact) mass is 307 g/mol. The molecule has 2 rings (SSSR count). The Balaban J connectivity index is 2.14. The lowest BCUT2D eigenvalue weighted by Gasteiger charge is -2.39. The fourth-order valence-electron chi connectivity index (χ4n) is 2.96. The Hall–Kier alpha value is -1.46. The van der Waals surface area contributed by atoms with Crippen molar-refractivity contribution in [3.8, 4) is 0 Å². The maximum absolute atomic E-state index is 14.1. The predicted molar refractivity (Wildman–Crippen MR) is 86.1 cm³/mol. The molecule has 1 fully saturated rings. The van der Waals surface area contributed by atoms with Gasteiger partial charge in [0.2, 0.25) is 5.91 Å². The SMILES string of the molecule is CC(C)N1CCN(C(=O)C(c2ccccc2F)N(C)C)CC1. The Morgan fingerprint density at radius 1 is 1.14 bits per heavy atom. The molecule has 4 nitrogen and oxygen atoms in total. The largest absolute Gasteiger partial charge is 0.338 e. The summed E-state index contributed by atoms with van der Waals surface area (Å²) in [4.78, 5) is 18.9. The number of hydrogen-bond donors (Lipinski definition) is 0. The molecule has 0 bridgehead atoms. The number of nitrogens with zero attached hydrogens (tertiary/aromatic N) is 3. The molecule has 1 heterocycles. The zero-order chi connectivity index (χ0) is 16.3. The summed E-state index contributed by atoms with van der Waals surface area (Å²) in [6.07, 6.45) is 0. The van der Waals surface area contributed by atoms with Crippen LogP contribution in [0.25, 0.3) is 0 Å². The minimum atomic E-state index is -0.563. The standard InChI is InChI=1S/C17H26FN3O/c1-13(2)20-9-11-21(12-10-20)17(22)16(19(3)4)14-7-5-6-8-15(14)18/h5-8,13,16H,9-12H2,1-4H3. The molecule has 1 atom stereocenters. The highest BCUT2D eigenvalue weighted by molar-refractivity contribution is 5.83. The maximum atomic E-state index is 14.1. The molecule has 1 aromatic rings. The van der Waals surface area contributed by atoms with E-state index < -0.39 is 6.04 Å². The minimum Gasteiger partial charge on any atom is -0.338 e. The Bertz CT molecular complexity index is 510. The van der Waals surface area contributed by atoms with Gasteiger partial charge in [0.05, 0.1) is 0 Å². The molecular formula is C17H26FN3O. The predicted octanol–water partition coefficient (Wildman–Crippen LogP) is 1.98. The minimum absolute atomic E-state index is 0.0153. The number of carbonyl (C=O) groups excluding carboxylic acids is 1. The van der Waals surface area contributed by atoms with E-state index >= 15 is 0 Å². The highest BCUT2D eigenvalue weighted by atomic mass is 19.1. The van der Waals surface area contributed by atoms with E-state index in [1.807, 2.05) is 19.0 Å². The van der Waals surface area contributed by atoms with Crippen molar-refractivity contribution in [3.05, 3.63) is 35.6 Å². The quantitative estimate of drug-likeness (QED) is 0.851.